The smallest absolute Gasteiger partial charge is 0.339 e. The molecule has 0 N–H and O–H groups in total. The highest BCUT2D eigenvalue weighted by molar-refractivity contribution is 7.87. The van der Waals surface area contributed by atoms with Gasteiger partial charge in [0.2, 0.25) is 0 Å². The van der Waals surface area contributed by atoms with Crippen LogP contribution >= 0.6 is 0 Å². The maximum Gasteiger partial charge on any atom is 0.339 e. The second-order valence-electron chi connectivity index (χ2n) is 4.10. The predicted octanol–water partition coefficient (Wildman–Crippen LogP) is 2.91. The fourth-order valence-corrected chi connectivity index (χ4v) is 2.71. The van der Waals surface area contributed by atoms with Crippen LogP contribution in [0.4, 0.5) is 4.39 Å². The third kappa shape index (κ3) is 2.91. The molecule has 2 aromatic rings. The molecule has 0 heterocycles. The highest BCUT2D eigenvalue weighted by Crippen LogP contribution is 2.25. The van der Waals surface area contributed by atoms with E-state index < -0.39 is 15.9 Å². The van der Waals surface area contributed by atoms with Crippen molar-refractivity contribution < 1.29 is 21.7 Å². The van der Waals surface area contributed by atoms with Crippen LogP contribution in [0.5, 0.6) is 11.5 Å². The average Bonchev–Trinajstić information content (AvgIpc) is 2.41. The van der Waals surface area contributed by atoms with E-state index in [1.807, 2.05) is 0 Å². The van der Waals surface area contributed by atoms with Crippen LogP contribution in [0, 0.1) is 12.7 Å². The van der Waals surface area contributed by atoms with E-state index in [9.17, 15) is 12.8 Å². The Balaban J connectivity index is 2.36. The Hall–Kier alpha value is -2.08. The number of benzene rings is 2. The molecule has 0 aliphatic heterocycles. The molecule has 106 valence electrons. The topological polar surface area (TPSA) is 52.6 Å². The van der Waals surface area contributed by atoms with Crippen molar-refractivity contribution in [2.24, 2.45) is 0 Å². The molecule has 20 heavy (non-hydrogen) atoms. The van der Waals surface area contributed by atoms with Gasteiger partial charge in [0.15, 0.2) is 11.6 Å². The lowest BCUT2D eigenvalue weighted by atomic mass is 10.2. The lowest BCUT2D eigenvalue weighted by molar-refractivity contribution is 0.411. The molecular formula is C14H13FO4S. The number of aryl methyl sites for hydroxylation is 1. The second kappa shape index (κ2) is 5.50. The molecule has 0 aliphatic carbocycles. The van der Waals surface area contributed by atoms with E-state index in [2.05, 4.69) is 0 Å². The minimum absolute atomic E-state index is 0.0564. The first kappa shape index (κ1) is 14.3. The molecule has 2 aromatic carbocycles. The Labute approximate surface area is 116 Å². The standard InChI is InChI=1S/C14H13FO4S/c1-10-9-11(7-8-13(10)18-2)20(16,17)19-14-6-4-3-5-12(14)15/h3-9H,1-2H3. The molecule has 0 atom stereocenters. The van der Waals surface area contributed by atoms with Crippen molar-refractivity contribution >= 4 is 10.1 Å². The van der Waals surface area contributed by atoms with Gasteiger partial charge in [0.1, 0.15) is 10.6 Å². The number of para-hydroxylation sites is 1. The van der Waals surface area contributed by atoms with Crippen molar-refractivity contribution in [1.82, 2.24) is 0 Å². The molecule has 0 spiro atoms. The number of hydrogen-bond donors (Lipinski definition) is 0. The molecule has 0 unspecified atom stereocenters. The molecule has 0 saturated carbocycles. The van der Waals surface area contributed by atoms with Crippen LogP contribution in [-0.4, -0.2) is 15.5 Å². The van der Waals surface area contributed by atoms with Crippen LogP contribution in [0.25, 0.3) is 0 Å². The van der Waals surface area contributed by atoms with Crippen LogP contribution in [0.15, 0.2) is 47.4 Å². The largest absolute Gasteiger partial charge is 0.496 e. The minimum atomic E-state index is -4.08. The molecule has 4 nitrogen and oxygen atoms in total. The Morgan fingerprint density at radius 1 is 1.05 bits per heavy atom. The maximum atomic E-state index is 13.4. The zero-order valence-electron chi connectivity index (χ0n) is 11.0. The Bertz CT molecular complexity index is 726. The molecule has 0 fully saturated rings. The van der Waals surface area contributed by atoms with Gasteiger partial charge in [0, 0.05) is 0 Å². The first-order chi connectivity index (χ1) is 9.44. The highest BCUT2D eigenvalue weighted by atomic mass is 32.2. The van der Waals surface area contributed by atoms with E-state index in [1.54, 1.807) is 6.92 Å². The van der Waals surface area contributed by atoms with Gasteiger partial charge in [-0.05, 0) is 42.8 Å². The van der Waals surface area contributed by atoms with Gasteiger partial charge < -0.3 is 8.92 Å². The number of hydrogen-bond acceptors (Lipinski definition) is 4. The molecule has 0 amide bonds. The fraction of sp³-hybridized carbons (Fsp3) is 0.143. The summed E-state index contributed by atoms with van der Waals surface area (Å²) in [7, 11) is -2.59. The van der Waals surface area contributed by atoms with Gasteiger partial charge in [-0.25, -0.2) is 4.39 Å². The summed E-state index contributed by atoms with van der Waals surface area (Å²) in [4.78, 5) is -0.0564. The van der Waals surface area contributed by atoms with Crippen molar-refractivity contribution in [1.29, 1.82) is 0 Å². The number of halogens is 1. The monoisotopic (exact) mass is 296 g/mol. The van der Waals surface area contributed by atoms with Crippen molar-refractivity contribution in [2.45, 2.75) is 11.8 Å². The fourth-order valence-electron chi connectivity index (χ4n) is 1.69. The van der Waals surface area contributed by atoms with Gasteiger partial charge >= 0.3 is 10.1 Å². The van der Waals surface area contributed by atoms with Crippen LogP contribution < -0.4 is 8.92 Å². The summed E-state index contributed by atoms with van der Waals surface area (Å²) in [5, 5.41) is 0. The minimum Gasteiger partial charge on any atom is -0.496 e. The number of ether oxygens (including phenoxy) is 1. The van der Waals surface area contributed by atoms with Crippen LogP contribution in [0.2, 0.25) is 0 Å². The SMILES string of the molecule is COc1ccc(S(=O)(=O)Oc2ccccc2F)cc1C. The van der Waals surface area contributed by atoms with E-state index in [4.69, 9.17) is 8.92 Å². The molecule has 0 aromatic heterocycles. The Morgan fingerprint density at radius 3 is 2.35 bits per heavy atom. The van der Waals surface area contributed by atoms with E-state index in [-0.39, 0.29) is 10.6 Å². The van der Waals surface area contributed by atoms with Gasteiger partial charge in [-0.3, -0.25) is 0 Å². The van der Waals surface area contributed by atoms with Gasteiger partial charge in [-0.15, -0.1) is 0 Å². The number of rotatable bonds is 4. The third-order valence-electron chi connectivity index (χ3n) is 2.69. The van der Waals surface area contributed by atoms with Crippen molar-refractivity contribution in [3.8, 4) is 11.5 Å². The van der Waals surface area contributed by atoms with E-state index in [0.717, 1.165) is 6.07 Å². The lowest BCUT2D eigenvalue weighted by Gasteiger charge is -2.10. The lowest BCUT2D eigenvalue weighted by Crippen LogP contribution is -2.11. The molecular weight excluding hydrogens is 283 g/mol. The Morgan fingerprint density at radius 2 is 1.75 bits per heavy atom. The summed E-state index contributed by atoms with van der Waals surface area (Å²) in [6.45, 7) is 1.71. The van der Waals surface area contributed by atoms with Gasteiger partial charge in [0.05, 0.1) is 7.11 Å². The molecule has 6 heteroatoms. The normalized spacial score (nSPS) is 11.2. The van der Waals surface area contributed by atoms with E-state index in [1.165, 1.54) is 43.5 Å². The molecule has 0 bridgehead atoms. The first-order valence-corrected chi connectivity index (χ1v) is 7.18. The summed E-state index contributed by atoms with van der Waals surface area (Å²) < 4.78 is 47.4. The summed E-state index contributed by atoms with van der Waals surface area (Å²) in [5.74, 6) is -0.503. The van der Waals surface area contributed by atoms with Crippen LogP contribution in [-0.2, 0) is 10.1 Å². The summed E-state index contributed by atoms with van der Waals surface area (Å²) in [6.07, 6.45) is 0. The van der Waals surface area contributed by atoms with Crippen LogP contribution in [0.3, 0.4) is 0 Å². The second-order valence-corrected chi connectivity index (χ2v) is 5.65. The summed E-state index contributed by atoms with van der Waals surface area (Å²) >= 11 is 0. The van der Waals surface area contributed by atoms with Crippen molar-refractivity contribution in [3.63, 3.8) is 0 Å². The molecule has 2 rings (SSSR count). The molecule has 0 saturated heterocycles. The summed E-state index contributed by atoms with van der Waals surface area (Å²) in [6, 6.07) is 9.61. The maximum absolute atomic E-state index is 13.4. The zero-order valence-corrected chi connectivity index (χ0v) is 11.8. The van der Waals surface area contributed by atoms with Crippen LogP contribution in [0.1, 0.15) is 5.56 Å². The number of methoxy groups -OCH3 is 1. The highest BCUT2D eigenvalue weighted by Gasteiger charge is 2.19. The Kier molecular flexibility index (Phi) is 3.94. The first-order valence-electron chi connectivity index (χ1n) is 5.77. The van der Waals surface area contributed by atoms with Gasteiger partial charge in [-0.2, -0.15) is 8.42 Å². The molecule has 0 radical (unpaired) electrons. The van der Waals surface area contributed by atoms with Gasteiger partial charge in [-0.1, -0.05) is 12.1 Å². The zero-order chi connectivity index (χ0) is 14.8. The third-order valence-corrected chi connectivity index (χ3v) is 3.92. The molecule has 0 aliphatic rings. The van der Waals surface area contributed by atoms with Crippen molar-refractivity contribution in [2.75, 3.05) is 7.11 Å². The summed E-state index contributed by atoms with van der Waals surface area (Å²) in [5.41, 5.74) is 0.644. The average molecular weight is 296 g/mol. The quantitative estimate of drug-likeness (QED) is 0.814. The predicted molar refractivity (Wildman–Crippen MR) is 71.9 cm³/mol. The van der Waals surface area contributed by atoms with E-state index >= 15 is 0 Å². The van der Waals surface area contributed by atoms with E-state index in [0.29, 0.717) is 11.3 Å². The van der Waals surface area contributed by atoms with Crippen molar-refractivity contribution in [3.05, 3.63) is 53.8 Å². The van der Waals surface area contributed by atoms with Gasteiger partial charge in [0.25, 0.3) is 0 Å².